The van der Waals surface area contributed by atoms with E-state index in [9.17, 15) is 8.42 Å². The Kier molecular flexibility index (Phi) is 5.98. The summed E-state index contributed by atoms with van der Waals surface area (Å²) in [5.74, 6) is 0.482. The highest BCUT2D eigenvalue weighted by molar-refractivity contribution is 7.92. The van der Waals surface area contributed by atoms with E-state index in [2.05, 4.69) is 53.5 Å². The maximum absolute atomic E-state index is 12.9. The molecule has 0 spiro atoms. The van der Waals surface area contributed by atoms with Gasteiger partial charge in [-0.15, -0.1) is 0 Å². The molecule has 2 heterocycles. The summed E-state index contributed by atoms with van der Waals surface area (Å²) >= 11 is 6.13. The van der Waals surface area contributed by atoms with Crippen molar-refractivity contribution < 1.29 is 12.8 Å². The van der Waals surface area contributed by atoms with Crippen molar-refractivity contribution in [1.29, 1.82) is 0 Å². The van der Waals surface area contributed by atoms with Gasteiger partial charge >= 0.3 is 0 Å². The van der Waals surface area contributed by atoms with Gasteiger partial charge in [0.2, 0.25) is 0 Å². The van der Waals surface area contributed by atoms with Crippen LogP contribution in [0.5, 0.6) is 0 Å². The van der Waals surface area contributed by atoms with Crippen molar-refractivity contribution in [2.45, 2.75) is 50.5 Å². The summed E-state index contributed by atoms with van der Waals surface area (Å²) in [5, 5.41) is -0.125. The van der Waals surface area contributed by atoms with Crippen molar-refractivity contribution in [3.05, 3.63) is 41.4 Å². The Hall–Kier alpha value is -2.01. The molecule has 0 saturated carbocycles. The third-order valence-electron chi connectivity index (χ3n) is 5.35. The number of hydrogen-bond donors (Lipinski definition) is 1. The lowest BCUT2D eigenvalue weighted by Crippen LogP contribution is -2.40. The van der Waals surface area contributed by atoms with Gasteiger partial charge in [0, 0.05) is 13.2 Å². The van der Waals surface area contributed by atoms with Gasteiger partial charge in [0.25, 0.3) is 10.0 Å². The molecule has 0 fully saturated rings. The maximum atomic E-state index is 12.9. The molecule has 30 heavy (non-hydrogen) atoms. The van der Waals surface area contributed by atoms with Gasteiger partial charge in [0.1, 0.15) is 5.82 Å². The van der Waals surface area contributed by atoms with Crippen LogP contribution in [0.1, 0.15) is 26.6 Å². The van der Waals surface area contributed by atoms with Gasteiger partial charge in [0.05, 0.1) is 17.6 Å². The molecular weight excluding hydrogens is 442 g/mol. The molecule has 1 aromatic carbocycles. The number of nitrogens with zero attached hydrogens (tertiary/aromatic N) is 4. The molecule has 2 aromatic heterocycles. The zero-order valence-electron chi connectivity index (χ0n) is 17.9. The van der Waals surface area contributed by atoms with Crippen molar-refractivity contribution in [3.8, 4) is 0 Å². The van der Waals surface area contributed by atoms with Crippen LogP contribution in [0, 0.1) is 0 Å². The molecule has 0 aliphatic heterocycles. The fourth-order valence-corrected chi connectivity index (χ4v) is 4.61. The Morgan fingerprint density at radius 2 is 1.73 bits per heavy atom. The minimum atomic E-state index is -4.00. The standard InChI is InChI=1S/C19H26ClN5O3SSi/c1-19(2,3)30(5,6)28-12-15-23-16(11-25(15)4)29(26,27)24-18-17(20)21-13-9-7-8-10-14(13)22-18/h7-11H,12H2,1-6H3,(H,22,24). The summed E-state index contributed by atoms with van der Waals surface area (Å²) in [5.41, 5.74) is 1.11. The number of rotatable bonds is 6. The summed E-state index contributed by atoms with van der Waals surface area (Å²) in [7, 11) is -4.26. The van der Waals surface area contributed by atoms with Crippen LogP contribution in [0.3, 0.4) is 0 Å². The first-order chi connectivity index (χ1) is 13.8. The van der Waals surface area contributed by atoms with Crippen LogP contribution < -0.4 is 4.72 Å². The van der Waals surface area contributed by atoms with Gasteiger partial charge < -0.3 is 8.99 Å². The molecule has 0 aliphatic rings. The number of para-hydroxylation sites is 2. The van der Waals surface area contributed by atoms with E-state index < -0.39 is 18.3 Å². The molecule has 0 aliphatic carbocycles. The molecule has 8 nitrogen and oxygen atoms in total. The second kappa shape index (κ2) is 7.91. The highest BCUT2D eigenvalue weighted by atomic mass is 35.5. The lowest BCUT2D eigenvalue weighted by molar-refractivity contribution is 0.263. The van der Waals surface area contributed by atoms with Gasteiger partial charge in [0.15, 0.2) is 24.3 Å². The van der Waals surface area contributed by atoms with E-state index in [4.69, 9.17) is 16.0 Å². The Balaban J connectivity index is 1.84. The zero-order chi connectivity index (χ0) is 22.3. The van der Waals surface area contributed by atoms with E-state index in [1.165, 1.54) is 6.20 Å². The van der Waals surface area contributed by atoms with Crippen LogP contribution in [0.15, 0.2) is 35.5 Å². The number of sulfonamides is 1. The first kappa shape index (κ1) is 22.7. The van der Waals surface area contributed by atoms with E-state index >= 15 is 0 Å². The molecule has 3 rings (SSSR count). The number of hydrogen-bond acceptors (Lipinski definition) is 6. The van der Waals surface area contributed by atoms with E-state index in [-0.39, 0.29) is 27.6 Å². The van der Waals surface area contributed by atoms with Crippen LogP contribution in [0.4, 0.5) is 5.82 Å². The average molecular weight is 468 g/mol. The Bertz CT molecular complexity index is 1190. The highest BCUT2D eigenvalue weighted by Crippen LogP contribution is 2.37. The molecule has 1 N–H and O–H groups in total. The van der Waals surface area contributed by atoms with Crippen LogP contribution in [0.2, 0.25) is 23.3 Å². The van der Waals surface area contributed by atoms with Gasteiger partial charge in [-0.05, 0) is 30.3 Å². The van der Waals surface area contributed by atoms with Crippen LogP contribution in [-0.2, 0) is 28.1 Å². The third-order valence-corrected chi connectivity index (χ3v) is 11.3. The van der Waals surface area contributed by atoms with E-state index in [0.717, 1.165) is 0 Å². The Labute approximate surface area is 182 Å². The SMILES string of the molecule is Cn1cc(S(=O)(=O)Nc2nc3ccccc3nc2Cl)nc1CO[Si](C)(C)C(C)(C)C. The minimum Gasteiger partial charge on any atom is -0.409 e. The number of anilines is 1. The van der Waals surface area contributed by atoms with E-state index in [1.54, 1.807) is 35.9 Å². The van der Waals surface area contributed by atoms with E-state index in [0.29, 0.717) is 16.9 Å². The third kappa shape index (κ3) is 4.66. The zero-order valence-corrected chi connectivity index (χ0v) is 20.5. The second-order valence-corrected chi connectivity index (χ2v) is 15.4. The Morgan fingerprint density at radius 1 is 1.13 bits per heavy atom. The quantitative estimate of drug-likeness (QED) is 0.541. The number of aromatic nitrogens is 4. The molecule has 3 aromatic rings. The molecule has 0 radical (unpaired) electrons. The molecule has 0 atom stereocenters. The van der Waals surface area contributed by atoms with Gasteiger partial charge in [-0.1, -0.05) is 44.5 Å². The predicted octanol–water partition coefficient (Wildman–Crippen LogP) is 4.34. The number of nitrogens with one attached hydrogen (secondary N) is 1. The average Bonchev–Trinajstić information content (AvgIpc) is 3.01. The summed E-state index contributed by atoms with van der Waals surface area (Å²) < 4.78 is 35.9. The summed E-state index contributed by atoms with van der Waals surface area (Å²) in [6, 6.07) is 7.07. The molecule has 11 heteroatoms. The van der Waals surface area contributed by atoms with Crippen molar-refractivity contribution in [3.63, 3.8) is 0 Å². The normalized spacial score (nSPS) is 13.0. The molecule has 0 saturated heterocycles. The monoisotopic (exact) mass is 467 g/mol. The number of benzene rings is 1. The fourth-order valence-electron chi connectivity index (χ4n) is 2.42. The number of aryl methyl sites for hydroxylation is 1. The summed E-state index contributed by atoms with van der Waals surface area (Å²) in [4.78, 5) is 12.7. The van der Waals surface area contributed by atoms with Crippen LogP contribution >= 0.6 is 11.6 Å². The highest BCUT2D eigenvalue weighted by Gasteiger charge is 2.37. The topological polar surface area (TPSA) is 99.0 Å². The largest absolute Gasteiger partial charge is 0.409 e. The molecule has 0 unspecified atom stereocenters. The number of fused-ring (bicyclic) bond motifs is 1. The van der Waals surface area contributed by atoms with E-state index in [1.807, 2.05) is 0 Å². The summed E-state index contributed by atoms with van der Waals surface area (Å²) in [6.07, 6.45) is 1.44. The minimum absolute atomic E-state index is 0.0327. The summed E-state index contributed by atoms with van der Waals surface area (Å²) in [6.45, 7) is 10.9. The molecule has 0 amide bonds. The molecular formula is C19H26ClN5O3SSi. The second-order valence-electron chi connectivity index (χ2n) is 8.61. The maximum Gasteiger partial charge on any atom is 0.282 e. The van der Waals surface area contributed by atoms with Crippen molar-refractivity contribution in [1.82, 2.24) is 19.5 Å². The van der Waals surface area contributed by atoms with Crippen LogP contribution in [0.25, 0.3) is 11.0 Å². The predicted molar refractivity (Wildman–Crippen MR) is 121 cm³/mol. The Morgan fingerprint density at radius 3 is 2.33 bits per heavy atom. The number of imidazole rings is 1. The van der Waals surface area contributed by atoms with Gasteiger partial charge in [-0.2, -0.15) is 8.42 Å². The molecule has 162 valence electrons. The lowest BCUT2D eigenvalue weighted by Gasteiger charge is -2.35. The van der Waals surface area contributed by atoms with Crippen molar-refractivity contribution in [2.75, 3.05) is 4.72 Å². The van der Waals surface area contributed by atoms with Crippen molar-refractivity contribution in [2.24, 2.45) is 7.05 Å². The first-order valence-electron chi connectivity index (χ1n) is 9.41. The first-order valence-corrected chi connectivity index (χ1v) is 14.2. The van der Waals surface area contributed by atoms with Gasteiger partial charge in [-0.3, -0.25) is 4.72 Å². The number of halogens is 1. The fraction of sp³-hybridized carbons (Fsp3) is 0.421. The smallest absolute Gasteiger partial charge is 0.282 e. The van der Waals surface area contributed by atoms with Crippen LogP contribution in [-0.4, -0.2) is 36.3 Å². The van der Waals surface area contributed by atoms with Crippen molar-refractivity contribution >= 4 is 46.8 Å². The molecule has 0 bridgehead atoms. The lowest BCUT2D eigenvalue weighted by atomic mass is 10.2. The van der Waals surface area contributed by atoms with Gasteiger partial charge in [-0.25, -0.2) is 15.0 Å².